The van der Waals surface area contributed by atoms with Gasteiger partial charge in [0.25, 0.3) is 0 Å². The zero-order chi connectivity index (χ0) is 13.5. The van der Waals surface area contributed by atoms with Gasteiger partial charge in [-0.1, -0.05) is 30.3 Å². The molecule has 0 spiro atoms. The molecule has 19 heavy (non-hydrogen) atoms. The Morgan fingerprint density at radius 3 is 2.63 bits per heavy atom. The van der Waals surface area contributed by atoms with Gasteiger partial charge in [-0.25, -0.2) is 9.97 Å². The van der Waals surface area contributed by atoms with E-state index in [1.165, 1.54) is 11.1 Å². The van der Waals surface area contributed by atoms with Crippen molar-refractivity contribution in [2.24, 2.45) is 0 Å². The van der Waals surface area contributed by atoms with Crippen molar-refractivity contribution in [2.45, 2.75) is 13.5 Å². The monoisotopic (exact) mass is 254 g/mol. The number of nitrogens with zero attached hydrogens (tertiary/aromatic N) is 2. The Balaban J connectivity index is 1.99. The highest BCUT2D eigenvalue weighted by molar-refractivity contribution is 5.47. The minimum atomic E-state index is 0.689. The number of benzene rings is 1. The predicted molar refractivity (Wildman–Crippen MR) is 79.2 cm³/mol. The normalized spacial score (nSPS) is 9.95. The maximum atomic E-state index is 4.20. The molecule has 2 N–H and O–H groups in total. The zero-order valence-electron chi connectivity index (χ0n) is 11.1. The van der Waals surface area contributed by atoms with Gasteiger partial charge in [-0.15, -0.1) is 6.58 Å². The Morgan fingerprint density at radius 1 is 1.16 bits per heavy atom. The Bertz CT molecular complexity index is 551. The van der Waals surface area contributed by atoms with Crippen molar-refractivity contribution in [3.05, 3.63) is 60.4 Å². The quantitative estimate of drug-likeness (QED) is 0.778. The highest BCUT2D eigenvalue weighted by Gasteiger charge is 2.00. The molecule has 0 saturated carbocycles. The topological polar surface area (TPSA) is 49.8 Å². The largest absolute Gasteiger partial charge is 0.366 e. The number of hydrogen-bond acceptors (Lipinski definition) is 4. The van der Waals surface area contributed by atoms with Crippen molar-refractivity contribution >= 4 is 11.6 Å². The first-order valence-electron chi connectivity index (χ1n) is 6.25. The van der Waals surface area contributed by atoms with Crippen molar-refractivity contribution in [1.29, 1.82) is 0 Å². The van der Waals surface area contributed by atoms with E-state index in [9.17, 15) is 0 Å². The molecule has 2 aromatic rings. The van der Waals surface area contributed by atoms with Crippen LogP contribution in [0.2, 0.25) is 0 Å². The van der Waals surface area contributed by atoms with Gasteiger partial charge in [0.15, 0.2) is 0 Å². The number of nitrogens with one attached hydrogen (secondary N) is 2. The summed E-state index contributed by atoms with van der Waals surface area (Å²) in [6, 6.07) is 10.2. The fraction of sp³-hybridized carbons (Fsp3) is 0.200. The lowest BCUT2D eigenvalue weighted by Crippen LogP contribution is -2.05. The summed E-state index contributed by atoms with van der Waals surface area (Å²) in [5.41, 5.74) is 2.54. The molecule has 1 aromatic carbocycles. The molecule has 4 heteroatoms. The minimum Gasteiger partial charge on any atom is -0.366 e. The van der Waals surface area contributed by atoms with Gasteiger partial charge in [-0.2, -0.15) is 0 Å². The SMILES string of the molecule is C=CCNc1cc(NCc2ccccc2C)ncn1. The van der Waals surface area contributed by atoms with E-state index >= 15 is 0 Å². The molecule has 98 valence electrons. The number of rotatable bonds is 6. The van der Waals surface area contributed by atoms with Gasteiger partial charge in [-0.3, -0.25) is 0 Å². The average Bonchev–Trinajstić information content (AvgIpc) is 2.45. The highest BCUT2D eigenvalue weighted by Crippen LogP contribution is 2.12. The molecule has 0 saturated heterocycles. The molecule has 1 heterocycles. The third-order valence-corrected chi connectivity index (χ3v) is 2.82. The molecule has 0 atom stereocenters. The molecule has 0 fully saturated rings. The third kappa shape index (κ3) is 3.81. The van der Waals surface area contributed by atoms with Crippen LogP contribution < -0.4 is 10.6 Å². The van der Waals surface area contributed by atoms with E-state index in [2.05, 4.69) is 46.2 Å². The van der Waals surface area contributed by atoms with Gasteiger partial charge in [-0.05, 0) is 18.1 Å². The van der Waals surface area contributed by atoms with Gasteiger partial charge in [0.2, 0.25) is 0 Å². The van der Waals surface area contributed by atoms with Crippen LogP contribution in [-0.2, 0) is 6.54 Å². The van der Waals surface area contributed by atoms with Gasteiger partial charge < -0.3 is 10.6 Å². The van der Waals surface area contributed by atoms with Gasteiger partial charge >= 0.3 is 0 Å². The first-order chi connectivity index (χ1) is 9.29. The van der Waals surface area contributed by atoms with E-state index in [4.69, 9.17) is 0 Å². The van der Waals surface area contributed by atoms with Crippen LogP contribution in [0.4, 0.5) is 11.6 Å². The lowest BCUT2D eigenvalue weighted by molar-refractivity contribution is 1.06. The smallest absolute Gasteiger partial charge is 0.131 e. The molecule has 0 bridgehead atoms. The summed E-state index contributed by atoms with van der Waals surface area (Å²) in [4.78, 5) is 8.34. The van der Waals surface area contributed by atoms with Gasteiger partial charge in [0.1, 0.15) is 18.0 Å². The van der Waals surface area contributed by atoms with Crippen LogP contribution in [0, 0.1) is 6.92 Å². The molecule has 0 radical (unpaired) electrons. The van der Waals surface area contributed by atoms with Crippen LogP contribution in [0.25, 0.3) is 0 Å². The Morgan fingerprint density at radius 2 is 1.89 bits per heavy atom. The first kappa shape index (κ1) is 13.1. The van der Waals surface area contributed by atoms with E-state index < -0.39 is 0 Å². The van der Waals surface area contributed by atoms with Crippen molar-refractivity contribution in [1.82, 2.24) is 9.97 Å². The van der Waals surface area contributed by atoms with Crippen molar-refractivity contribution in [3.63, 3.8) is 0 Å². The number of aromatic nitrogens is 2. The Labute approximate surface area is 113 Å². The number of aryl methyl sites for hydroxylation is 1. The van der Waals surface area contributed by atoms with Crippen molar-refractivity contribution < 1.29 is 0 Å². The molecule has 1 aromatic heterocycles. The molecular formula is C15H18N4. The zero-order valence-corrected chi connectivity index (χ0v) is 11.1. The summed E-state index contributed by atoms with van der Waals surface area (Å²) in [6.45, 7) is 7.21. The lowest BCUT2D eigenvalue weighted by Gasteiger charge is -2.09. The Hall–Kier alpha value is -2.36. The second-order valence-electron chi connectivity index (χ2n) is 4.24. The van der Waals surface area contributed by atoms with E-state index in [1.807, 2.05) is 18.2 Å². The van der Waals surface area contributed by atoms with E-state index in [0.29, 0.717) is 6.54 Å². The van der Waals surface area contributed by atoms with Crippen LogP contribution >= 0.6 is 0 Å². The van der Waals surface area contributed by atoms with E-state index in [1.54, 1.807) is 12.4 Å². The molecule has 0 aliphatic carbocycles. The average molecular weight is 254 g/mol. The summed E-state index contributed by atoms with van der Waals surface area (Å²) < 4.78 is 0. The Kier molecular flexibility index (Phi) is 4.50. The fourth-order valence-corrected chi connectivity index (χ4v) is 1.72. The fourth-order valence-electron chi connectivity index (χ4n) is 1.72. The molecule has 0 aliphatic rings. The van der Waals surface area contributed by atoms with Crippen molar-refractivity contribution in [3.8, 4) is 0 Å². The predicted octanol–water partition coefficient (Wildman–Crippen LogP) is 3.00. The van der Waals surface area contributed by atoms with Crippen LogP contribution in [-0.4, -0.2) is 16.5 Å². The van der Waals surface area contributed by atoms with Gasteiger partial charge in [0.05, 0.1) is 0 Å². The van der Waals surface area contributed by atoms with E-state index in [-0.39, 0.29) is 0 Å². The molecule has 4 nitrogen and oxygen atoms in total. The number of anilines is 2. The molecule has 2 rings (SSSR count). The third-order valence-electron chi connectivity index (χ3n) is 2.82. The van der Waals surface area contributed by atoms with Crippen LogP contribution in [0.1, 0.15) is 11.1 Å². The minimum absolute atomic E-state index is 0.689. The summed E-state index contributed by atoms with van der Waals surface area (Å²) in [5, 5.41) is 6.44. The van der Waals surface area contributed by atoms with Gasteiger partial charge in [0, 0.05) is 19.2 Å². The molecule has 0 unspecified atom stereocenters. The van der Waals surface area contributed by atoms with Crippen LogP contribution in [0.3, 0.4) is 0 Å². The summed E-state index contributed by atoms with van der Waals surface area (Å²) in [6.07, 6.45) is 3.34. The maximum Gasteiger partial charge on any atom is 0.131 e. The second kappa shape index (κ2) is 6.54. The van der Waals surface area contributed by atoms with E-state index in [0.717, 1.165) is 18.2 Å². The second-order valence-corrected chi connectivity index (χ2v) is 4.24. The van der Waals surface area contributed by atoms with Crippen molar-refractivity contribution in [2.75, 3.05) is 17.2 Å². The standard InChI is InChI=1S/C15H18N4/c1-3-8-16-14-9-15(19-11-18-14)17-10-13-7-5-4-6-12(13)2/h3-7,9,11H,1,8,10H2,2H3,(H2,16,17,18,19). The first-order valence-corrected chi connectivity index (χ1v) is 6.25. The highest BCUT2D eigenvalue weighted by atomic mass is 15.1. The van der Waals surface area contributed by atoms with Crippen LogP contribution in [0.15, 0.2) is 49.3 Å². The van der Waals surface area contributed by atoms with Crippen LogP contribution in [0.5, 0.6) is 0 Å². The molecule has 0 amide bonds. The maximum absolute atomic E-state index is 4.20. The lowest BCUT2D eigenvalue weighted by atomic mass is 10.1. The molecule has 0 aliphatic heterocycles. The number of hydrogen-bond donors (Lipinski definition) is 2. The summed E-state index contributed by atoms with van der Waals surface area (Å²) in [7, 11) is 0. The molecular weight excluding hydrogens is 236 g/mol. The summed E-state index contributed by atoms with van der Waals surface area (Å²) in [5.74, 6) is 1.60. The summed E-state index contributed by atoms with van der Waals surface area (Å²) >= 11 is 0.